The van der Waals surface area contributed by atoms with Crippen LogP contribution in [-0.4, -0.2) is 29.5 Å². The maximum absolute atomic E-state index is 5.98. The molecule has 100 valence electrons. The molecule has 0 radical (unpaired) electrons. The van der Waals surface area contributed by atoms with E-state index in [1.165, 1.54) is 6.42 Å². The molecule has 2 fully saturated rings. The molecule has 2 N–H and O–H groups in total. The van der Waals surface area contributed by atoms with Crippen LogP contribution in [0.15, 0.2) is 4.52 Å². The van der Waals surface area contributed by atoms with Gasteiger partial charge < -0.3 is 19.7 Å². The van der Waals surface area contributed by atoms with Gasteiger partial charge in [0.1, 0.15) is 6.10 Å². The zero-order chi connectivity index (χ0) is 12.4. The van der Waals surface area contributed by atoms with Crippen molar-refractivity contribution in [2.45, 2.75) is 50.4 Å². The Labute approximate surface area is 106 Å². The van der Waals surface area contributed by atoms with E-state index >= 15 is 0 Å². The summed E-state index contributed by atoms with van der Waals surface area (Å²) in [6.07, 6.45) is 5.84. The average Bonchev–Trinajstić information content (AvgIpc) is 2.97. The summed E-state index contributed by atoms with van der Waals surface area (Å²) in [5.74, 6) is 1.06. The van der Waals surface area contributed by atoms with Crippen molar-refractivity contribution in [1.29, 1.82) is 0 Å². The fraction of sp³-hybridized carbons (Fsp3) is 0.833. The first kappa shape index (κ1) is 12.1. The first-order valence-corrected chi connectivity index (χ1v) is 6.65. The molecule has 0 bridgehead atoms. The minimum atomic E-state index is -0.315. The molecular weight excluding hydrogens is 234 g/mol. The number of nitrogens with zero attached hydrogens (tertiary/aromatic N) is 2. The van der Waals surface area contributed by atoms with Gasteiger partial charge in [-0.1, -0.05) is 5.16 Å². The molecule has 1 aliphatic heterocycles. The molecule has 1 saturated carbocycles. The molecule has 2 heterocycles. The van der Waals surface area contributed by atoms with Crippen molar-refractivity contribution in [2.75, 3.05) is 13.2 Å². The molecule has 1 aromatic rings. The molecule has 6 nitrogen and oxygen atoms in total. The lowest BCUT2D eigenvalue weighted by molar-refractivity contribution is -0.00549. The van der Waals surface area contributed by atoms with Crippen LogP contribution in [0.2, 0.25) is 0 Å². The third kappa shape index (κ3) is 2.55. The second-order valence-electron chi connectivity index (χ2n) is 4.99. The van der Waals surface area contributed by atoms with Crippen LogP contribution in [0.1, 0.15) is 56.0 Å². The van der Waals surface area contributed by atoms with E-state index in [0.717, 1.165) is 32.3 Å². The Bertz CT molecular complexity index is 386. The lowest BCUT2D eigenvalue weighted by Gasteiger charge is -2.26. The average molecular weight is 253 g/mol. The number of hydrogen-bond donors (Lipinski definition) is 1. The summed E-state index contributed by atoms with van der Waals surface area (Å²) in [4.78, 5) is 4.31. The van der Waals surface area contributed by atoms with Crippen LogP contribution in [0.4, 0.5) is 0 Å². The first-order valence-electron chi connectivity index (χ1n) is 6.65. The van der Waals surface area contributed by atoms with Crippen molar-refractivity contribution in [3.05, 3.63) is 11.7 Å². The molecule has 2 unspecified atom stereocenters. The van der Waals surface area contributed by atoms with E-state index in [1.54, 1.807) is 0 Å². The quantitative estimate of drug-likeness (QED) is 0.856. The highest BCUT2D eigenvalue weighted by Gasteiger charge is 2.26. The van der Waals surface area contributed by atoms with Crippen molar-refractivity contribution >= 4 is 0 Å². The number of aromatic nitrogens is 2. The summed E-state index contributed by atoms with van der Waals surface area (Å²) in [6, 6.07) is -0.315. The summed E-state index contributed by atoms with van der Waals surface area (Å²) in [7, 11) is 0. The lowest BCUT2D eigenvalue weighted by atomic mass is 9.96. The van der Waals surface area contributed by atoms with Crippen LogP contribution < -0.4 is 5.73 Å². The number of ether oxygens (including phenoxy) is 2. The highest BCUT2D eigenvalue weighted by molar-refractivity contribution is 4.96. The highest BCUT2D eigenvalue weighted by atomic mass is 16.5. The Balaban J connectivity index is 1.54. The topological polar surface area (TPSA) is 83.4 Å². The molecule has 2 aliphatic rings. The Morgan fingerprint density at radius 1 is 1.33 bits per heavy atom. The fourth-order valence-electron chi connectivity index (χ4n) is 2.15. The summed E-state index contributed by atoms with van der Waals surface area (Å²) in [6.45, 7) is 1.22. The zero-order valence-corrected chi connectivity index (χ0v) is 10.4. The van der Waals surface area contributed by atoms with Gasteiger partial charge in [0.25, 0.3) is 5.89 Å². The van der Waals surface area contributed by atoms with Crippen LogP contribution in [0.5, 0.6) is 0 Å². The summed E-state index contributed by atoms with van der Waals surface area (Å²) in [5.41, 5.74) is 5.98. The molecule has 0 amide bonds. The van der Waals surface area contributed by atoms with E-state index in [9.17, 15) is 0 Å². The van der Waals surface area contributed by atoms with Crippen molar-refractivity contribution in [3.8, 4) is 0 Å². The Hall–Kier alpha value is -0.980. The van der Waals surface area contributed by atoms with Crippen LogP contribution in [-0.2, 0) is 9.47 Å². The van der Waals surface area contributed by atoms with E-state index in [4.69, 9.17) is 19.7 Å². The van der Waals surface area contributed by atoms with Crippen LogP contribution in [0.25, 0.3) is 0 Å². The molecule has 1 aliphatic carbocycles. The summed E-state index contributed by atoms with van der Waals surface area (Å²) >= 11 is 0. The van der Waals surface area contributed by atoms with Crippen molar-refractivity contribution in [1.82, 2.24) is 10.1 Å². The maximum atomic E-state index is 5.98. The predicted octanol–water partition coefficient (Wildman–Crippen LogP) is 1.49. The van der Waals surface area contributed by atoms with Crippen molar-refractivity contribution in [3.63, 3.8) is 0 Å². The third-order valence-corrected chi connectivity index (χ3v) is 3.56. The van der Waals surface area contributed by atoms with Gasteiger partial charge in [-0.3, -0.25) is 0 Å². The number of hydrogen-bond acceptors (Lipinski definition) is 6. The van der Waals surface area contributed by atoms with Gasteiger partial charge in [0.15, 0.2) is 5.82 Å². The predicted molar refractivity (Wildman–Crippen MR) is 62.7 cm³/mol. The molecule has 6 heteroatoms. The van der Waals surface area contributed by atoms with Gasteiger partial charge in [0, 0.05) is 6.61 Å². The standard InChI is InChI=1S/C12H19N3O3/c13-9(7-17-8-3-1-4-8)11-14-12(18-15-11)10-5-2-6-16-10/h8-10H,1-7,13H2. The van der Waals surface area contributed by atoms with Crippen LogP contribution in [0, 0.1) is 0 Å². The highest BCUT2D eigenvalue weighted by Crippen LogP contribution is 2.28. The minimum Gasteiger partial charge on any atom is -0.376 e. The summed E-state index contributed by atoms with van der Waals surface area (Å²) < 4.78 is 16.3. The summed E-state index contributed by atoms with van der Waals surface area (Å²) in [5, 5.41) is 3.91. The molecular formula is C12H19N3O3. The second kappa shape index (κ2) is 5.34. The maximum Gasteiger partial charge on any atom is 0.255 e. The van der Waals surface area contributed by atoms with Gasteiger partial charge in [-0.15, -0.1) is 0 Å². The van der Waals surface area contributed by atoms with Gasteiger partial charge in [-0.05, 0) is 32.1 Å². The first-order chi connectivity index (χ1) is 8.83. The molecule has 18 heavy (non-hydrogen) atoms. The third-order valence-electron chi connectivity index (χ3n) is 3.56. The molecule has 3 rings (SSSR count). The second-order valence-corrected chi connectivity index (χ2v) is 4.99. The van der Waals surface area contributed by atoms with Gasteiger partial charge in [-0.2, -0.15) is 4.98 Å². The van der Waals surface area contributed by atoms with Gasteiger partial charge >= 0.3 is 0 Å². The van der Waals surface area contributed by atoms with Crippen LogP contribution in [0.3, 0.4) is 0 Å². The molecule has 0 spiro atoms. The Morgan fingerprint density at radius 2 is 2.22 bits per heavy atom. The smallest absolute Gasteiger partial charge is 0.255 e. The molecule has 1 aromatic heterocycles. The van der Waals surface area contributed by atoms with E-state index in [1.807, 2.05) is 0 Å². The van der Waals surface area contributed by atoms with Gasteiger partial charge in [0.2, 0.25) is 0 Å². The fourth-order valence-corrected chi connectivity index (χ4v) is 2.15. The molecule has 2 atom stereocenters. The van der Waals surface area contributed by atoms with Gasteiger partial charge in [0.05, 0.1) is 18.8 Å². The van der Waals surface area contributed by atoms with Crippen LogP contribution >= 0.6 is 0 Å². The Kier molecular flexibility index (Phi) is 3.58. The largest absolute Gasteiger partial charge is 0.376 e. The Morgan fingerprint density at radius 3 is 2.89 bits per heavy atom. The minimum absolute atomic E-state index is 0.0500. The van der Waals surface area contributed by atoms with Crippen molar-refractivity contribution < 1.29 is 14.0 Å². The zero-order valence-electron chi connectivity index (χ0n) is 10.4. The normalized spacial score (nSPS) is 26.2. The number of nitrogens with two attached hydrogens (primary N) is 1. The number of rotatable bonds is 5. The van der Waals surface area contributed by atoms with E-state index in [0.29, 0.717) is 24.4 Å². The van der Waals surface area contributed by atoms with Crippen molar-refractivity contribution in [2.24, 2.45) is 5.73 Å². The monoisotopic (exact) mass is 253 g/mol. The molecule has 0 aromatic carbocycles. The van der Waals surface area contributed by atoms with Gasteiger partial charge in [-0.25, -0.2) is 0 Å². The SMILES string of the molecule is NC(COC1CCC1)c1noc(C2CCCO2)n1. The molecule has 1 saturated heterocycles. The lowest BCUT2D eigenvalue weighted by Crippen LogP contribution is -2.27. The van der Waals surface area contributed by atoms with E-state index in [-0.39, 0.29) is 12.1 Å². The van der Waals surface area contributed by atoms with E-state index in [2.05, 4.69) is 10.1 Å². The van der Waals surface area contributed by atoms with E-state index < -0.39 is 0 Å².